The number of hydrogen-bond acceptors (Lipinski definition) is 3. The topological polar surface area (TPSA) is 72.2 Å². The van der Waals surface area contributed by atoms with Crippen LogP contribution in [0.2, 0.25) is 0 Å². The van der Waals surface area contributed by atoms with E-state index in [4.69, 9.17) is 16.7 Å². The van der Waals surface area contributed by atoms with Crippen LogP contribution < -0.4 is 0 Å². The number of carboxylic acids is 1. The summed E-state index contributed by atoms with van der Waals surface area (Å²) in [5.41, 5.74) is -1.84. The number of carboxylic acid groups (broad SMARTS) is 1. The number of aromatic nitrogens is 2. The molecule has 116 valence electrons. The second-order valence-corrected chi connectivity index (χ2v) is 5.31. The van der Waals surface area contributed by atoms with E-state index in [0.717, 1.165) is 10.9 Å². The second kappa shape index (κ2) is 5.67. The van der Waals surface area contributed by atoms with E-state index in [1.807, 2.05) is 0 Å². The normalized spacial score (nSPS) is 23.0. The fourth-order valence-electron chi connectivity index (χ4n) is 2.63. The van der Waals surface area contributed by atoms with Crippen molar-refractivity contribution in [3.05, 3.63) is 17.5 Å². The van der Waals surface area contributed by atoms with Gasteiger partial charge in [-0.25, -0.2) is 0 Å². The quantitative estimate of drug-likeness (QED) is 0.867. The van der Waals surface area contributed by atoms with Crippen LogP contribution in [0.15, 0.2) is 6.20 Å². The number of halogens is 4. The molecular formula is C12H12ClF3N2O3. The number of carbonyl (C=O) groups is 2. The number of carbonyl (C=O) groups excluding carboxylic acids is 1. The summed E-state index contributed by atoms with van der Waals surface area (Å²) in [5, 5.41) is 11.3. The van der Waals surface area contributed by atoms with Crippen molar-refractivity contribution in [1.29, 1.82) is 0 Å². The highest BCUT2D eigenvalue weighted by molar-refractivity contribution is 6.67. The van der Waals surface area contributed by atoms with Crippen molar-refractivity contribution in [3.63, 3.8) is 0 Å². The minimum atomic E-state index is -4.75. The van der Waals surface area contributed by atoms with Gasteiger partial charge < -0.3 is 5.11 Å². The first-order chi connectivity index (χ1) is 9.71. The zero-order valence-corrected chi connectivity index (χ0v) is 11.5. The van der Waals surface area contributed by atoms with Gasteiger partial charge in [-0.2, -0.15) is 18.3 Å². The van der Waals surface area contributed by atoms with Crippen molar-refractivity contribution < 1.29 is 27.9 Å². The fraction of sp³-hybridized carbons (Fsp3) is 0.583. The van der Waals surface area contributed by atoms with Crippen molar-refractivity contribution >= 4 is 22.8 Å². The van der Waals surface area contributed by atoms with E-state index >= 15 is 0 Å². The Labute approximate surface area is 122 Å². The Bertz CT molecular complexity index is 563. The molecule has 1 aromatic rings. The molecule has 1 aliphatic carbocycles. The Balaban J connectivity index is 2.29. The van der Waals surface area contributed by atoms with E-state index in [1.54, 1.807) is 0 Å². The van der Waals surface area contributed by atoms with Crippen LogP contribution in [0.4, 0.5) is 13.2 Å². The van der Waals surface area contributed by atoms with Gasteiger partial charge in [-0.1, -0.05) is 0 Å². The number of nitrogens with zero attached hydrogens (tertiary/aromatic N) is 2. The predicted molar refractivity (Wildman–Crippen MR) is 66.0 cm³/mol. The maximum atomic E-state index is 13.1. The highest BCUT2D eigenvalue weighted by Gasteiger charge is 2.42. The molecule has 0 bridgehead atoms. The molecule has 0 aromatic carbocycles. The van der Waals surface area contributed by atoms with Crippen molar-refractivity contribution in [3.8, 4) is 0 Å². The van der Waals surface area contributed by atoms with Crippen molar-refractivity contribution in [2.75, 3.05) is 0 Å². The average molecular weight is 325 g/mol. The number of aliphatic carboxylic acids is 1. The van der Waals surface area contributed by atoms with Crippen LogP contribution >= 0.6 is 11.6 Å². The largest absolute Gasteiger partial charge is 0.481 e. The predicted octanol–water partition coefficient (Wildman–Crippen LogP) is 3.10. The SMILES string of the molecule is O=C(Cl)c1cnn(C2CCC(C(=O)O)CC2)c1C(F)(F)F. The molecule has 1 saturated carbocycles. The summed E-state index contributed by atoms with van der Waals surface area (Å²) in [7, 11) is 0. The molecule has 21 heavy (non-hydrogen) atoms. The van der Waals surface area contributed by atoms with Gasteiger partial charge >= 0.3 is 12.1 Å². The first kappa shape index (κ1) is 15.8. The van der Waals surface area contributed by atoms with Crippen LogP contribution in [0, 0.1) is 5.92 Å². The van der Waals surface area contributed by atoms with E-state index in [-0.39, 0.29) is 25.7 Å². The summed E-state index contributed by atoms with van der Waals surface area (Å²) < 4.78 is 40.0. The van der Waals surface area contributed by atoms with E-state index in [0.29, 0.717) is 0 Å². The Morgan fingerprint density at radius 2 is 1.86 bits per heavy atom. The molecule has 0 unspecified atom stereocenters. The molecule has 0 saturated heterocycles. The number of hydrogen-bond donors (Lipinski definition) is 1. The van der Waals surface area contributed by atoms with Crippen LogP contribution in [-0.2, 0) is 11.0 Å². The summed E-state index contributed by atoms with van der Waals surface area (Å²) in [4.78, 5) is 21.9. The lowest BCUT2D eigenvalue weighted by Crippen LogP contribution is -2.27. The Hall–Kier alpha value is -1.57. The summed E-state index contributed by atoms with van der Waals surface area (Å²) in [6.45, 7) is 0. The standard InChI is InChI=1S/C12H12ClF3N2O3/c13-10(19)8-5-17-18(9(8)12(14,15)16)7-3-1-6(2-4-7)11(20)21/h5-7H,1-4H2,(H,20,21). The molecule has 1 aliphatic rings. The Kier molecular flexibility index (Phi) is 4.27. The van der Waals surface area contributed by atoms with Gasteiger partial charge in [-0.3, -0.25) is 14.3 Å². The molecule has 2 rings (SSSR count). The lowest BCUT2D eigenvalue weighted by Gasteiger charge is -2.28. The molecular weight excluding hydrogens is 313 g/mol. The summed E-state index contributed by atoms with van der Waals surface area (Å²) >= 11 is 5.16. The van der Waals surface area contributed by atoms with Crippen molar-refractivity contribution in [2.24, 2.45) is 5.92 Å². The van der Waals surface area contributed by atoms with Crippen molar-refractivity contribution in [2.45, 2.75) is 37.9 Å². The first-order valence-electron chi connectivity index (χ1n) is 6.29. The highest BCUT2D eigenvalue weighted by atomic mass is 35.5. The zero-order valence-electron chi connectivity index (χ0n) is 10.7. The van der Waals surface area contributed by atoms with E-state index in [9.17, 15) is 22.8 Å². The van der Waals surface area contributed by atoms with E-state index in [2.05, 4.69) is 5.10 Å². The molecule has 1 aromatic heterocycles. The zero-order chi connectivity index (χ0) is 15.8. The molecule has 0 aliphatic heterocycles. The van der Waals surface area contributed by atoms with Gasteiger partial charge in [0.1, 0.15) is 0 Å². The van der Waals surface area contributed by atoms with Crippen LogP contribution in [-0.4, -0.2) is 26.1 Å². The smallest absolute Gasteiger partial charge is 0.433 e. The molecule has 1 fully saturated rings. The fourth-order valence-corrected chi connectivity index (χ4v) is 2.77. The lowest BCUT2D eigenvalue weighted by atomic mass is 9.86. The van der Waals surface area contributed by atoms with Gasteiger partial charge in [0.15, 0.2) is 5.69 Å². The van der Waals surface area contributed by atoms with Gasteiger partial charge in [0.05, 0.1) is 23.7 Å². The molecule has 0 spiro atoms. The average Bonchev–Trinajstić information content (AvgIpc) is 2.83. The molecule has 1 heterocycles. The molecule has 0 atom stereocenters. The maximum Gasteiger partial charge on any atom is 0.433 e. The summed E-state index contributed by atoms with van der Waals surface area (Å²) in [5.74, 6) is -1.48. The summed E-state index contributed by atoms with van der Waals surface area (Å²) in [6, 6.07) is -0.581. The molecule has 9 heteroatoms. The minimum Gasteiger partial charge on any atom is -0.481 e. The van der Waals surface area contributed by atoms with E-state index in [1.165, 1.54) is 0 Å². The van der Waals surface area contributed by atoms with Gasteiger partial charge in [0, 0.05) is 0 Å². The third kappa shape index (κ3) is 3.20. The van der Waals surface area contributed by atoms with Crippen LogP contribution in [0.1, 0.15) is 47.8 Å². The Morgan fingerprint density at radius 1 is 1.29 bits per heavy atom. The first-order valence-corrected chi connectivity index (χ1v) is 6.67. The number of rotatable bonds is 3. The lowest BCUT2D eigenvalue weighted by molar-refractivity contribution is -0.147. The Morgan fingerprint density at radius 3 is 2.29 bits per heavy atom. The van der Waals surface area contributed by atoms with Gasteiger partial charge in [-0.05, 0) is 37.3 Å². The van der Waals surface area contributed by atoms with Gasteiger partial charge in [0.25, 0.3) is 5.24 Å². The van der Waals surface area contributed by atoms with Crippen LogP contribution in [0.5, 0.6) is 0 Å². The highest BCUT2D eigenvalue weighted by Crippen LogP contribution is 2.39. The molecule has 0 amide bonds. The molecule has 1 N–H and O–H groups in total. The van der Waals surface area contributed by atoms with Crippen molar-refractivity contribution in [1.82, 2.24) is 9.78 Å². The minimum absolute atomic E-state index is 0.262. The monoisotopic (exact) mass is 324 g/mol. The van der Waals surface area contributed by atoms with E-state index < -0.39 is 40.6 Å². The third-order valence-electron chi connectivity index (χ3n) is 3.67. The van der Waals surface area contributed by atoms with Crippen LogP contribution in [0.25, 0.3) is 0 Å². The molecule has 5 nitrogen and oxygen atoms in total. The van der Waals surface area contributed by atoms with Crippen LogP contribution in [0.3, 0.4) is 0 Å². The van der Waals surface area contributed by atoms with Gasteiger partial charge in [-0.15, -0.1) is 0 Å². The molecule has 0 radical (unpaired) electrons. The van der Waals surface area contributed by atoms with Gasteiger partial charge in [0.2, 0.25) is 0 Å². The number of alkyl halides is 3. The maximum absolute atomic E-state index is 13.1. The third-order valence-corrected chi connectivity index (χ3v) is 3.87. The summed E-state index contributed by atoms with van der Waals surface area (Å²) in [6.07, 6.45) is -2.86. The second-order valence-electron chi connectivity index (χ2n) is 4.97.